The molecule has 2 aromatic carbocycles. The maximum Gasteiger partial charge on any atom is 0.295 e. The van der Waals surface area contributed by atoms with Gasteiger partial charge in [-0.15, -0.1) is 0 Å². The molecule has 8 nitrogen and oxygen atoms in total. The highest BCUT2D eigenvalue weighted by Gasteiger charge is 2.46. The van der Waals surface area contributed by atoms with Crippen LogP contribution in [0.25, 0.3) is 5.76 Å². The molecule has 1 aliphatic heterocycles. The monoisotopic (exact) mass is 488 g/mol. The van der Waals surface area contributed by atoms with Gasteiger partial charge in [0.2, 0.25) is 0 Å². The molecule has 1 fully saturated rings. The predicted molar refractivity (Wildman–Crippen MR) is 134 cm³/mol. The average Bonchev–Trinajstić information content (AvgIpc) is 3.14. The Morgan fingerprint density at radius 1 is 1.06 bits per heavy atom. The van der Waals surface area contributed by atoms with Gasteiger partial charge in [0.1, 0.15) is 11.5 Å². The predicted octanol–water partition coefficient (Wildman–Crippen LogP) is 4.43. The number of aryl methyl sites for hydroxylation is 1. The van der Waals surface area contributed by atoms with Gasteiger partial charge in [-0.1, -0.05) is 12.1 Å². The molecule has 8 heteroatoms. The molecule has 1 atom stereocenters. The largest absolute Gasteiger partial charge is 0.507 e. The van der Waals surface area contributed by atoms with E-state index in [0.717, 1.165) is 5.56 Å². The summed E-state index contributed by atoms with van der Waals surface area (Å²) in [5.41, 5.74) is 2.50. The van der Waals surface area contributed by atoms with Gasteiger partial charge in [-0.25, -0.2) is 0 Å². The smallest absolute Gasteiger partial charge is 0.295 e. The zero-order valence-corrected chi connectivity index (χ0v) is 20.6. The van der Waals surface area contributed by atoms with Crippen LogP contribution in [-0.2, 0) is 16.1 Å². The lowest BCUT2D eigenvalue weighted by atomic mass is 9.93. The van der Waals surface area contributed by atoms with Gasteiger partial charge in [0, 0.05) is 24.5 Å². The molecule has 0 bridgehead atoms. The van der Waals surface area contributed by atoms with Crippen LogP contribution in [-0.4, -0.2) is 47.5 Å². The van der Waals surface area contributed by atoms with Gasteiger partial charge in [-0.2, -0.15) is 0 Å². The van der Waals surface area contributed by atoms with Crippen LogP contribution in [0.4, 0.5) is 0 Å². The van der Waals surface area contributed by atoms with Crippen LogP contribution in [0.5, 0.6) is 17.2 Å². The summed E-state index contributed by atoms with van der Waals surface area (Å²) in [5, 5.41) is 11.4. The third-order valence-corrected chi connectivity index (χ3v) is 6.11. The second kappa shape index (κ2) is 10.5. The van der Waals surface area contributed by atoms with E-state index in [1.807, 2.05) is 13.0 Å². The molecular weight excluding hydrogens is 460 g/mol. The lowest BCUT2D eigenvalue weighted by molar-refractivity contribution is -0.140. The van der Waals surface area contributed by atoms with Crippen molar-refractivity contribution in [1.82, 2.24) is 9.88 Å². The number of methoxy groups -OCH3 is 2. The fourth-order valence-corrected chi connectivity index (χ4v) is 4.38. The maximum atomic E-state index is 13.4. The number of amides is 1. The summed E-state index contributed by atoms with van der Waals surface area (Å²) in [4.78, 5) is 32.2. The maximum absolute atomic E-state index is 13.4. The first-order valence-electron chi connectivity index (χ1n) is 11.5. The van der Waals surface area contributed by atoms with Crippen LogP contribution in [0, 0.1) is 6.92 Å². The minimum Gasteiger partial charge on any atom is -0.507 e. The lowest BCUT2D eigenvalue weighted by Gasteiger charge is -2.26. The Morgan fingerprint density at radius 2 is 1.86 bits per heavy atom. The zero-order chi connectivity index (χ0) is 25.8. The van der Waals surface area contributed by atoms with Gasteiger partial charge in [0.05, 0.1) is 32.4 Å². The highest BCUT2D eigenvalue weighted by molar-refractivity contribution is 6.46. The summed E-state index contributed by atoms with van der Waals surface area (Å²) in [6.45, 7) is 4.26. The van der Waals surface area contributed by atoms with Gasteiger partial charge in [0.25, 0.3) is 11.7 Å². The number of nitrogens with zero attached hydrogens (tertiary/aromatic N) is 2. The molecule has 1 N–H and O–H groups in total. The number of carbonyl (C=O) groups is 2. The summed E-state index contributed by atoms with van der Waals surface area (Å²) in [6.07, 6.45) is 3.28. The van der Waals surface area contributed by atoms with E-state index in [2.05, 4.69) is 4.98 Å². The Bertz CT molecular complexity index is 1320. The second-order valence-corrected chi connectivity index (χ2v) is 8.31. The van der Waals surface area contributed by atoms with Crippen LogP contribution in [0.3, 0.4) is 0 Å². The van der Waals surface area contributed by atoms with Crippen molar-refractivity contribution in [2.24, 2.45) is 0 Å². The van der Waals surface area contributed by atoms with Crippen LogP contribution in [0.15, 0.2) is 66.5 Å². The molecule has 36 heavy (non-hydrogen) atoms. The first-order chi connectivity index (χ1) is 17.4. The average molecular weight is 489 g/mol. The molecule has 0 unspecified atom stereocenters. The van der Waals surface area contributed by atoms with Gasteiger partial charge < -0.3 is 24.2 Å². The third kappa shape index (κ3) is 4.62. The summed E-state index contributed by atoms with van der Waals surface area (Å²) >= 11 is 0. The van der Waals surface area contributed by atoms with Crippen molar-refractivity contribution >= 4 is 17.4 Å². The highest BCUT2D eigenvalue weighted by Crippen LogP contribution is 2.43. The number of aromatic nitrogens is 1. The number of ketones is 1. The van der Waals surface area contributed by atoms with Gasteiger partial charge >= 0.3 is 0 Å². The van der Waals surface area contributed by atoms with E-state index in [1.165, 1.54) is 12.0 Å². The number of carbonyl (C=O) groups excluding carboxylic acids is 2. The third-order valence-electron chi connectivity index (χ3n) is 6.11. The van der Waals surface area contributed by atoms with Gasteiger partial charge in [0.15, 0.2) is 11.5 Å². The number of hydrogen-bond acceptors (Lipinski definition) is 7. The number of aliphatic hydroxyl groups excluding tert-OH is 1. The molecule has 4 rings (SSSR count). The molecule has 1 saturated heterocycles. The van der Waals surface area contributed by atoms with Gasteiger partial charge in [-0.3, -0.25) is 14.6 Å². The van der Waals surface area contributed by atoms with E-state index in [9.17, 15) is 14.7 Å². The summed E-state index contributed by atoms with van der Waals surface area (Å²) < 4.78 is 16.4. The standard InChI is InChI=1S/C28H28N2O6/c1-5-36-22-11-8-19(14-23(22)35-4)25-24(26(31)21-10-9-20(34-3)13-17(21)2)27(32)28(33)30(25)16-18-7-6-12-29-15-18/h6-15,25,31H,5,16H2,1-4H3/t25-/m0/s1. The fourth-order valence-electron chi connectivity index (χ4n) is 4.38. The topological polar surface area (TPSA) is 98.2 Å². The molecule has 2 heterocycles. The van der Waals surface area contributed by atoms with E-state index in [0.29, 0.717) is 40.5 Å². The highest BCUT2D eigenvalue weighted by atomic mass is 16.5. The molecular formula is C28H28N2O6. The molecule has 1 aromatic heterocycles. The van der Waals surface area contributed by atoms with Gasteiger partial charge in [-0.05, 0) is 66.9 Å². The quantitative estimate of drug-likeness (QED) is 0.285. The first-order valence-corrected chi connectivity index (χ1v) is 11.5. The number of benzene rings is 2. The molecule has 186 valence electrons. The fraction of sp³-hybridized carbons (Fsp3) is 0.250. The van der Waals surface area contributed by atoms with Crippen molar-refractivity contribution in [3.8, 4) is 17.2 Å². The zero-order valence-electron chi connectivity index (χ0n) is 20.6. The summed E-state index contributed by atoms with van der Waals surface area (Å²) in [5.74, 6) is -0.0938. The normalized spacial score (nSPS) is 16.8. The Kier molecular flexibility index (Phi) is 7.24. The number of ether oxygens (including phenoxy) is 3. The first kappa shape index (κ1) is 24.8. The summed E-state index contributed by atoms with van der Waals surface area (Å²) in [6, 6.07) is 13.1. The Balaban J connectivity index is 1.90. The minimum atomic E-state index is -0.851. The van der Waals surface area contributed by atoms with Crippen LogP contribution in [0.2, 0.25) is 0 Å². The molecule has 1 amide bonds. The lowest BCUT2D eigenvalue weighted by Crippen LogP contribution is -2.29. The van der Waals surface area contributed by atoms with Crippen LogP contribution < -0.4 is 14.2 Å². The number of pyridine rings is 1. The molecule has 0 radical (unpaired) electrons. The Labute approximate surface area is 209 Å². The van der Waals surface area contributed by atoms with Crippen molar-refractivity contribution in [2.75, 3.05) is 20.8 Å². The molecule has 0 saturated carbocycles. The minimum absolute atomic E-state index is 0.00312. The Morgan fingerprint density at radius 3 is 2.50 bits per heavy atom. The van der Waals surface area contributed by atoms with Crippen molar-refractivity contribution in [3.05, 3.63) is 88.8 Å². The van der Waals surface area contributed by atoms with Crippen molar-refractivity contribution < 1.29 is 28.9 Å². The van der Waals surface area contributed by atoms with E-state index in [1.54, 1.807) is 68.9 Å². The summed E-state index contributed by atoms with van der Waals surface area (Å²) in [7, 11) is 3.08. The molecule has 0 spiro atoms. The van der Waals surface area contributed by atoms with Crippen LogP contribution >= 0.6 is 0 Å². The Hall–Kier alpha value is -4.33. The number of hydrogen-bond donors (Lipinski definition) is 1. The van der Waals surface area contributed by atoms with Crippen molar-refractivity contribution in [3.63, 3.8) is 0 Å². The van der Waals surface area contributed by atoms with E-state index < -0.39 is 17.7 Å². The number of likely N-dealkylation sites (tertiary alicyclic amines) is 1. The van der Waals surface area contributed by atoms with E-state index in [-0.39, 0.29) is 17.9 Å². The van der Waals surface area contributed by atoms with Crippen molar-refractivity contribution in [2.45, 2.75) is 26.4 Å². The van der Waals surface area contributed by atoms with E-state index >= 15 is 0 Å². The molecule has 0 aliphatic carbocycles. The second-order valence-electron chi connectivity index (χ2n) is 8.31. The van der Waals surface area contributed by atoms with Crippen molar-refractivity contribution in [1.29, 1.82) is 0 Å². The number of aliphatic hydroxyl groups is 1. The van der Waals surface area contributed by atoms with E-state index in [4.69, 9.17) is 14.2 Å². The molecule has 3 aromatic rings. The van der Waals surface area contributed by atoms with Crippen LogP contribution in [0.1, 0.15) is 35.2 Å². The number of Topliss-reactive ketones (excluding diaryl/α,β-unsaturated/α-hetero) is 1. The number of rotatable bonds is 8. The molecule has 1 aliphatic rings. The SMILES string of the molecule is CCOc1ccc([C@H]2C(=C(O)c3ccc(OC)cc3C)C(=O)C(=O)N2Cc2cccnc2)cc1OC.